The lowest BCUT2D eigenvalue weighted by atomic mass is 10.5. The van der Waals surface area contributed by atoms with Gasteiger partial charge >= 0.3 is 0 Å². The van der Waals surface area contributed by atoms with E-state index in [4.69, 9.17) is 28.6 Å². The fourth-order valence-electron chi connectivity index (χ4n) is 1.42. The minimum absolute atomic E-state index is 0.403. The molecule has 0 aliphatic heterocycles. The fraction of sp³-hybridized carbons (Fsp3) is 0.222. The molecule has 0 aliphatic carbocycles. The number of aromatic nitrogens is 4. The molecular weight excluding hydrogens is 248 g/mol. The van der Waals surface area contributed by atoms with Crippen LogP contribution in [0.4, 0.5) is 0 Å². The zero-order valence-electron chi connectivity index (χ0n) is 8.53. The number of aromatic amines is 1. The molecule has 0 fully saturated rings. The molecule has 16 heavy (non-hydrogen) atoms. The molecule has 0 bridgehead atoms. The van der Waals surface area contributed by atoms with E-state index in [1.54, 1.807) is 4.57 Å². The summed E-state index contributed by atoms with van der Waals surface area (Å²) in [4.78, 5) is 11.1. The lowest BCUT2D eigenvalue weighted by Gasteiger charge is -2.02. The van der Waals surface area contributed by atoms with Crippen LogP contribution >= 0.6 is 23.8 Å². The zero-order valence-corrected chi connectivity index (χ0v) is 10.1. The van der Waals surface area contributed by atoms with E-state index in [0.29, 0.717) is 33.4 Å². The molecule has 0 aliphatic rings. The lowest BCUT2D eigenvalue weighted by molar-refractivity contribution is 0.401. The Labute approximate surface area is 102 Å². The molecule has 0 atom stereocenters. The average molecular weight is 257 g/mol. The van der Waals surface area contributed by atoms with E-state index in [1.807, 2.05) is 0 Å². The first-order chi connectivity index (χ1) is 7.63. The molecule has 2 aromatic rings. The molecule has 7 heteroatoms. The number of rotatable bonds is 3. The Morgan fingerprint density at radius 1 is 1.69 bits per heavy atom. The van der Waals surface area contributed by atoms with Crippen molar-refractivity contribution in [3.05, 3.63) is 22.7 Å². The van der Waals surface area contributed by atoms with Gasteiger partial charge in [0.05, 0.1) is 13.7 Å². The van der Waals surface area contributed by atoms with Crippen molar-refractivity contribution in [3.63, 3.8) is 0 Å². The van der Waals surface area contributed by atoms with Gasteiger partial charge in [0.25, 0.3) is 0 Å². The van der Waals surface area contributed by atoms with Crippen LogP contribution in [0.2, 0.25) is 0 Å². The van der Waals surface area contributed by atoms with Crippen LogP contribution in [0.1, 0.15) is 0 Å². The minimum Gasteiger partial charge on any atom is -0.479 e. The maximum atomic E-state index is 5.77. The van der Waals surface area contributed by atoms with Gasteiger partial charge in [-0.2, -0.15) is 4.98 Å². The normalized spacial score (nSPS) is 10.6. The fourth-order valence-corrected chi connectivity index (χ4v) is 1.79. The van der Waals surface area contributed by atoms with E-state index < -0.39 is 0 Å². The van der Waals surface area contributed by atoms with E-state index >= 15 is 0 Å². The number of imidazole rings is 1. The van der Waals surface area contributed by atoms with Crippen molar-refractivity contribution in [2.75, 3.05) is 7.11 Å². The Hall–Kier alpha value is -1.40. The quantitative estimate of drug-likeness (QED) is 0.856. The molecule has 2 heterocycles. The van der Waals surface area contributed by atoms with Gasteiger partial charge in [-0.15, -0.1) is 0 Å². The van der Waals surface area contributed by atoms with Gasteiger partial charge in [-0.05, 0) is 12.2 Å². The molecule has 0 unspecified atom stereocenters. The summed E-state index contributed by atoms with van der Waals surface area (Å²) in [5, 5.41) is 0.481. The monoisotopic (exact) mass is 256 g/mol. The van der Waals surface area contributed by atoms with E-state index in [9.17, 15) is 0 Å². The highest BCUT2D eigenvalue weighted by Crippen LogP contribution is 2.20. The van der Waals surface area contributed by atoms with Crippen LogP contribution < -0.4 is 4.74 Å². The van der Waals surface area contributed by atoms with Gasteiger partial charge < -0.3 is 9.72 Å². The van der Waals surface area contributed by atoms with Crippen molar-refractivity contribution in [1.82, 2.24) is 19.5 Å². The van der Waals surface area contributed by atoms with Gasteiger partial charge in [-0.3, -0.25) is 4.57 Å². The summed E-state index contributed by atoms with van der Waals surface area (Å²) in [6.45, 7) is 4.03. The zero-order chi connectivity index (χ0) is 11.7. The number of ether oxygens (including phenoxy) is 1. The third kappa shape index (κ3) is 1.81. The second-order valence-corrected chi connectivity index (χ2v) is 4.04. The molecule has 0 radical (unpaired) electrons. The summed E-state index contributed by atoms with van der Waals surface area (Å²) in [6.07, 6.45) is 1.41. The van der Waals surface area contributed by atoms with Crippen molar-refractivity contribution >= 4 is 35.0 Å². The molecule has 84 valence electrons. The van der Waals surface area contributed by atoms with Crippen LogP contribution in [-0.4, -0.2) is 26.6 Å². The van der Waals surface area contributed by atoms with Gasteiger partial charge in [0.2, 0.25) is 5.88 Å². The summed E-state index contributed by atoms with van der Waals surface area (Å²) < 4.78 is 7.35. The summed E-state index contributed by atoms with van der Waals surface area (Å²) >= 11 is 10.9. The highest BCUT2D eigenvalue weighted by Gasteiger charge is 2.11. The largest absolute Gasteiger partial charge is 0.479 e. The molecule has 2 rings (SSSR count). The molecule has 1 N–H and O–H groups in total. The predicted molar refractivity (Wildman–Crippen MR) is 64.3 cm³/mol. The molecule has 0 saturated carbocycles. The molecule has 0 amide bonds. The Bertz CT molecular complexity index is 603. The van der Waals surface area contributed by atoms with Crippen molar-refractivity contribution in [1.29, 1.82) is 0 Å². The first kappa shape index (κ1) is 11.1. The molecule has 0 aromatic carbocycles. The van der Waals surface area contributed by atoms with Crippen molar-refractivity contribution in [2.24, 2.45) is 0 Å². The number of H-pyrrole nitrogens is 1. The number of methoxy groups -OCH3 is 1. The maximum absolute atomic E-state index is 5.77. The number of hydrogen-bond donors (Lipinski definition) is 1. The van der Waals surface area contributed by atoms with Gasteiger partial charge in [-0.1, -0.05) is 18.2 Å². The Morgan fingerprint density at radius 3 is 3.06 bits per heavy atom. The van der Waals surface area contributed by atoms with Crippen LogP contribution in [0, 0.1) is 4.77 Å². The number of fused-ring (bicyclic) bond motifs is 1. The lowest BCUT2D eigenvalue weighted by Crippen LogP contribution is -1.99. The molecule has 0 saturated heterocycles. The third-order valence-corrected chi connectivity index (χ3v) is 2.49. The van der Waals surface area contributed by atoms with Crippen molar-refractivity contribution in [2.45, 2.75) is 6.54 Å². The number of nitrogens with one attached hydrogen (secondary N) is 1. The van der Waals surface area contributed by atoms with Gasteiger partial charge in [0.15, 0.2) is 10.4 Å². The van der Waals surface area contributed by atoms with Crippen LogP contribution in [0.5, 0.6) is 5.88 Å². The first-order valence-electron chi connectivity index (χ1n) is 4.44. The Kier molecular flexibility index (Phi) is 2.93. The van der Waals surface area contributed by atoms with Crippen molar-refractivity contribution in [3.8, 4) is 5.88 Å². The Balaban J connectivity index is 2.71. The van der Waals surface area contributed by atoms with Crippen LogP contribution in [0.25, 0.3) is 11.2 Å². The summed E-state index contributed by atoms with van der Waals surface area (Å²) in [7, 11) is 1.54. The summed E-state index contributed by atoms with van der Waals surface area (Å²) in [5.41, 5.74) is 1.31. The van der Waals surface area contributed by atoms with Crippen LogP contribution in [-0.2, 0) is 6.54 Å². The number of nitrogens with zero attached hydrogens (tertiary/aromatic N) is 3. The minimum atomic E-state index is 0.403. The Morgan fingerprint density at radius 2 is 2.44 bits per heavy atom. The highest BCUT2D eigenvalue weighted by atomic mass is 35.5. The first-order valence-corrected chi connectivity index (χ1v) is 5.23. The van der Waals surface area contributed by atoms with Gasteiger partial charge in [-0.25, -0.2) is 4.98 Å². The summed E-state index contributed by atoms with van der Waals surface area (Å²) in [5.74, 6) is 0.454. The van der Waals surface area contributed by atoms with Crippen molar-refractivity contribution < 1.29 is 4.74 Å². The van der Waals surface area contributed by atoms with E-state index in [1.165, 1.54) is 13.4 Å². The van der Waals surface area contributed by atoms with E-state index in [2.05, 4.69) is 21.5 Å². The van der Waals surface area contributed by atoms with Crippen LogP contribution in [0.3, 0.4) is 0 Å². The molecule has 2 aromatic heterocycles. The molecule has 0 spiro atoms. The highest BCUT2D eigenvalue weighted by molar-refractivity contribution is 7.71. The number of hydrogen-bond acceptors (Lipinski definition) is 4. The molecular formula is C9H9ClN4OS. The topological polar surface area (TPSA) is 55.7 Å². The standard InChI is InChI=1S/C9H9ClN4OS/c1-5(10)3-14-7-6(13-9(14)16)8(15-2)12-4-11-7/h4H,1,3H2,2H3,(H,13,16). The second-order valence-electron chi connectivity index (χ2n) is 3.12. The van der Waals surface area contributed by atoms with Gasteiger partial charge in [0.1, 0.15) is 11.8 Å². The van der Waals surface area contributed by atoms with E-state index in [0.717, 1.165) is 0 Å². The molecule has 5 nitrogen and oxygen atoms in total. The summed E-state index contributed by atoms with van der Waals surface area (Å²) in [6, 6.07) is 0. The smallest absolute Gasteiger partial charge is 0.242 e. The SMILES string of the molecule is C=C(Cl)Cn1c(=S)[nH]c2c(OC)ncnc21. The van der Waals surface area contributed by atoms with Crippen LogP contribution in [0.15, 0.2) is 17.9 Å². The van der Waals surface area contributed by atoms with Gasteiger partial charge in [0, 0.05) is 5.03 Å². The van der Waals surface area contributed by atoms with E-state index in [-0.39, 0.29) is 0 Å². The second kappa shape index (κ2) is 4.23. The predicted octanol–water partition coefficient (Wildman–Crippen LogP) is 2.25. The maximum Gasteiger partial charge on any atom is 0.242 e. The number of allylic oxidation sites excluding steroid dienone is 1. The average Bonchev–Trinajstić information content (AvgIpc) is 2.55. The third-order valence-electron chi connectivity index (χ3n) is 2.05. The number of halogens is 1.